The van der Waals surface area contributed by atoms with Gasteiger partial charge in [0.1, 0.15) is 0 Å². The molecule has 13 heavy (non-hydrogen) atoms. The summed E-state index contributed by atoms with van der Waals surface area (Å²) in [5, 5.41) is 0. The highest BCUT2D eigenvalue weighted by molar-refractivity contribution is 4.66. The molecule has 0 aromatic rings. The zero-order valence-electron chi connectivity index (χ0n) is 8.80. The maximum Gasteiger partial charge on any atom is 0.0494 e. The van der Waals surface area contributed by atoms with E-state index in [1.54, 1.807) is 0 Å². The van der Waals surface area contributed by atoms with Gasteiger partial charge in [-0.1, -0.05) is 12.8 Å². The van der Waals surface area contributed by atoms with Crippen molar-refractivity contribution in [2.45, 2.75) is 51.5 Å². The predicted molar refractivity (Wildman–Crippen MR) is 55.7 cm³/mol. The van der Waals surface area contributed by atoms with Crippen LogP contribution in [0, 0.1) is 5.92 Å². The molecular weight excluding hydrogens is 162 g/mol. The molecule has 0 aliphatic heterocycles. The quantitative estimate of drug-likeness (QED) is 0.644. The van der Waals surface area contributed by atoms with Crippen molar-refractivity contribution in [2.75, 3.05) is 13.2 Å². The molecule has 2 heteroatoms. The van der Waals surface area contributed by atoms with Crippen LogP contribution in [-0.4, -0.2) is 19.3 Å². The average molecular weight is 185 g/mol. The van der Waals surface area contributed by atoms with E-state index in [0.717, 1.165) is 32.0 Å². The van der Waals surface area contributed by atoms with Gasteiger partial charge in [0.2, 0.25) is 0 Å². The zero-order chi connectivity index (χ0) is 9.52. The Morgan fingerprint density at radius 3 is 2.69 bits per heavy atom. The first-order chi connectivity index (χ1) is 6.29. The van der Waals surface area contributed by atoms with Gasteiger partial charge in [-0.25, -0.2) is 0 Å². The molecule has 0 spiro atoms. The van der Waals surface area contributed by atoms with Crippen molar-refractivity contribution in [3.63, 3.8) is 0 Å². The molecule has 2 N–H and O–H groups in total. The standard InChI is InChI=1S/C11H23NO/c1-10(12)5-4-8-13-9-11-6-2-3-7-11/h10-11H,2-9,12H2,1H3. The molecular formula is C11H23NO. The molecule has 1 rings (SSSR count). The fraction of sp³-hybridized carbons (Fsp3) is 1.00. The van der Waals surface area contributed by atoms with E-state index in [-0.39, 0.29) is 0 Å². The van der Waals surface area contributed by atoms with Crippen molar-refractivity contribution in [1.29, 1.82) is 0 Å². The Labute approximate surface area is 81.8 Å². The average Bonchev–Trinajstić information content (AvgIpc) is 2.55. The van der Waals surface area contributed by atoms with Crippen LogP contribution in [-0.2, 0) is 4.74 Å². The third-order valence-corrected chi connectivity index (χ3v) is 2.78. The van der Waals surface area contributed by atoms with Crippen LogP contribution in [0.2, 0.25) is 0 Å². The molecule has 0 bridgehead atoms. The molecule has 1 aliphatic carbocycles. The van der Waals surface area contributed by atoms with Gasteiger partial charge in [-0.15, -0.1) is 0 Å². The number of hydrogen-bond acceptors (Lipinski definition) is 2. The summed E-state index contributed by atoms with van der Waals surface area (Å²) in [5.74, 6) is 0.857. The van der Waals surface area contributed by atoms with Gasteiger partial charge in [-0.05, 0) is 38.5 Å². The van der Waals surface area contributed by atoms with Crippen molar-refractivity contribution in [1.82, 2.24) is 0 Å². The molecule has 0 heterocycles. The molecule has 1 atom stereocenters. The van der Waals surface area contributed by atoms with Crippen LogP contribution in [0.4, 0.5) is 0 Å². The van der Waals surface area contributed by atoms with Gasteiger partial charge in [0.15, 0.2) is 0 Å². The van der Waals surface area contributed by atoms with Crippen molar-refractivity contribution in [2.24, 2.45) is 11.7 Å². The van der Waals surface area contributed by atoms with E-state index in [1.165, 1.54) is 25.7 Å². The molecule has 0 saturated heterocycles. The highest BCUT2D eigenvalue weighted by atomic mass is 16.5. The topological polar surface area (TPSA) is 35.2 Å². The lowest BCUT2D eigenvalue weighted by atomic mass is 10.1. The van der Waals surface area contributed by atoms with Crippen LogP contribution in [0.5, 0.6) is 0 Å². The van der Waals surface area contributed by atoms with E-state index in [1.807, 2.05) is 0 Å². The summed E-state index contributed by atoms with van der Waals surface area (Å²) >= 11 is 0. The van der Waals surface area contributed by atoms with Crippen LogP contribution in [0.15, 0.2) is 0 Å². The lowest BCUT2D eigenvalue weighted by Gasteiger charge is -2.10. The van der Waals surface area contributed by atoms with Crippen LogP contribution in [0.1, 0.15) is 45.4 Å². The van der Waals surface area contributed by atoms with Crippen molar-refractivity contribution in [3.8, 4) is 0 Å². The van der Waals surface area contributed by atoms with Crippen molar-refractivity contribution >= 4 is 0 Å². The molecule has 0 radical (unpaired) electrons. The van der Waals surface area contributed by atoms with Gasteiger partial charge in [0.05, 0.1) is 0 Å². The fourth-order valence-corrected chi connectivity index (χ4v) is 1.93. The molecule has 78 valence electrons. The minimum Gasteiger partial charge on any atom is -0.381 e. The lowest BCUT2D eigenvalue weighted by Crippen LogP contribution is -2.15. The molecule has 1 saturated carbocycles. The Hall–Kier alpha value is -0.0800. The zero-order valence-corrected chi connectivity index (χ0v) is 8.80. The maximum atomic E-state index is 5.64. The van der Waals surface area contributed by atoms with Crippen LogP contribution in [0.25, 0.3) is 0 Å². The lowest BCUT2D eigenvalue weighted by molar-refractivity contribution is 0.0975. The molecule has 1 aliphatic rings. The van der Waals surface area contributed by atoms with Gasteiger partial charge < -0.3 is 10.5 Å². The number of hydrogen-bond donors (Lipinski definition) is 1. The summed E-state index contributed by atoms with van der Waals surface area (Å²) in [5.41, 5.74) is 5.64. The van der Waals surface area contributed by atoms with Gasteiger partial charge in [-0.2, -0.15) is 0 Å². The summed E-state index contributed by atoms with van der Waals surface area (Å²) < 4.78 is 5.61. The Bertz CT molecular complexity index is 119. The van der Waals surface area contributed by atoms with Gasteiger partial charge in [-0.3, -0.25) is 0 Å². The van der Waals surface area contributed by atoms with Crippen molar-refractivity contribution < 1.29 is 4.74 Å². The Balaban J connectivity index is 1.83. The first kappa shape index (κ1) is 11.0. The first-order valence-corrected chi connectivity index (χ1v) is 5.62. The minimum atomic E-state index is 0.329. The number of ether oxygens (including phenoxy) is 1. The van der Waals surface area contributed by atoms with Crippen LogP contribution < -0.4 is 5.73 Å². The predicted octanol–water partition coefficient (Wildman–Crippen LogP) is 2.32. The van der Waals surface area contributed by atoms with E-state index in [9.17, 15) is 0 Å². The van der Waals surface area contributed by atoms with Crippen LogP contribution >= 0.6 is 0 Å². The molecule has 1 fully saturated rings. The first-order valence-electron chi connectivity index (χ1n) is 5.62. The minimum absolute atomic E-state index is 0.329. The fourth-order valence-electron chi connectivity index (χ4n) is 1.93. The van der Waals surface area contributed by atoms with E-state index in [2.05, 4.69) is 6.92 Å². The maximum absolute atomic E-state index is 5.64. The molecule has 2 nitrogen and oxygen atoms in total. The summed E-state index contributed by atoms with van der Waals surface area (Å²) in [6.07, 6.45) is 7.79. The molecule has 0 amide bonds. The summed E-state index contributed by atoms with van der Waals surface area (Å²) in [6, 6.07) is 0.329. The van der Waals surface area contributed by atoms with Gasteiger partial charge >= 0.3 is 0 Å². The third kappa shape index (κ3) is 5.27. The second-order valence-corrected chi connectivity index (χ2v) is 4.34. The monoisotopic (exact) mass is 185 g/mol. The van der Waals surface area contributed by atoms with Gasteiger partial charge in [0.25, 0.3) is 0 Å². The van der Waals surface area contributed by atoms with E-state index < -0.39 is 0 Å². The van der Waals surface area contributed by atoms with Gasteiger partial charge in [0, 0.05) is 19.3 Å². The normalized spacial score (nSPS) is 20.8. The summed E-state index contributed by atoms with van der Waals surface area (Å²) in [6.45, 7) is 3.94. The van der Waals surface area contributed by atoms with Crippen molar-refractivity contribution in [3.05, 3.63) is 0 Å². The number of rotatable bonds is 6. The van der Waals surface area contributed by atoms with E-state index >= 15 is 0 Å². The summed E-state index contributed by atoms with van der Waals surface area (Å²) in [4.78, 5) is 0. The third-order valence-electron chi connectivity index (χ3n) is 2.78. The second kappa shape index (κ2) is 6.39. The smallest absolute Gasteiger partial charge is 0.0494 e. The Kier molecular flexibility index (Phi) is 5.40. The molecule has 0 aromatic carbocycles. The Morgan fingerprint density at radius 2 is 2.08 bits per heavy atom. The Morgan fingerprint density at radius 1 is 1.38 bits per heavy atom. The van der Waals surface area contributed by atoms with E-state index in [0.29, 0.717) is 6.04 Å². The van der Waals surface area contributed by atoms with E-state index in [4.69, 9.17) is 10.5 Å². The molecule has 0 aromatic heterocycles. The highest BCUT2D eigenvalue weighted by Crippen LogP contribution is 2.24. The largest absolute Gasteiger partial charge is 0.381 e. The SMILES string of the molecule is CC(N)CCCOCC1CCCC1. The summed E-state index contributed by atoms with van der Waals surface area (Å²) in [7, 11) is 0. The molecule has 1 unspecified atom stereocenters. The van der Waals surface area contributed by atoms with Crippen LogP contribution in [0.3, 0.4) is 0 Å². The second-order valence-electron chi connectivity index (χ2n) is 4.34. The number of nitrogens with two attached hydrogens (primary N) is 1. The highest BCUT2D eigenvalue weighted by Gasteiger charge is 2.14.